The molecule has 50 heavy (non-hydrogen) atoms. The van der Waals surface area contributed by atoms with Gasteiger partial charge < -0.3 is 37.0 Å². The molecule has 0 aliphatic heterocycles. The van der Waals surface area contributed by atoms with Crippen molar-refractivity contribution in [3.8, 4) is 0 Å². The number of aryl methyl sites for hydroxylation is 1. The monoisotopic (exact) mass is 697 g/mol. The Morgan fingerprint density at radius 1 is 0.760 bits per heavy atom. The molecule has 10 heteroatoms. The summed E-state index contributed by atoms with van der Waals surface area (Å²) < 4.78 is 0. The molecular weight excluding hydrogens is 628 g/mol. The molecule has 0 saturated heterocycles. The molecule has 1 aromatic rings. The van der Waals surface area contributed by atoms with Gasteiger partial charge in [-0.2, -0.15) is 0 Å². The van der Waals surface area contributed by atoms with E-state index in [-0.39, 0.29) is 54.2 Å². The number of aliphatic carboxylic acids is 1. The Bertz CT molecular complexity index is 1220. The fourth-order valence-electron chi connectivity index (χ4n) is 5.75. The van der Waals surface area contributed by atoms with Gasteiger partial charge in [-0.15, -0.1) is 0 Å². The maximum Gasteiger partial charge on any atom is 0.303 e. The van der Waals surface area contributed by atoms with E-state index in [9.17, 15) is 14.4 Å². The van der Waals surface area contributed by atoms with Crippen LogP contribution in [-0.4, -0.2) is 66.2 Å². The number of carbonyl (C=O) groups is 3. The molecule has 1 rings (SSSR count). The summed E-state index contributed by atoms with van der Waals surface area (Å²) >= 11 is 0. The molecule has 0 bridgehead atoms. The first-order chi connectivity index (χ1) is 23.5. The fraction of sp³-hybridized carbons (Fsp3) is 0.625. The maximum atomic E-state index is 13.9. The van der Waals surface area contributed by atoms with Gasteiger partial charge in [-0.1, -0.05) is 91.6 Å². The smallest absolute Gasteiger partial charge is 0.303 e. The molecule has 0 fully saturated rings. The Kier molecular flexibility index (Phi) is 20.9. The third kappa shape index (κ3) is 18.3. The lowest BCUT2D eigenvalue weighted by Crippen LogP contribution is -2.52. The second kappa shape index (κ2) is 23.6. The summed E-state index contributed by atoms with van der Waals surface area (Å²) in [6.45, 7) is 30.4. The van der Waals surface area contributed by atoms with E-state index >= 15 is 0 Å². The van der Waals surface area contributed by atoms with Crippen molar-refractivity contribution in [2.75, 3.05) is 13.1 Å². The van der Waals surface area contributed by atoms with Gasteiger partial charge in [0.05, 0.1) is 6.04 Å². The number of likely N-dealkylation sites (N-methyl/N-ethyl adjacent to an activating group) is 1. The van der Waals surface area contributed by atoms with E-state index in [0.29, 0.717) is 50.4 Å². The summed E-state index contributed by atoms with van der Waals surface area (Å²) in [6.07, 6.45) is 3.88. The van der Waals surface area contributed by atoms with Crippen molar-refractivity contribution >= 4 is 17.8 Å². The molecule has 0 heterocycles. The van der Waals surface area contributed by atoms with Gasteiger partial charge in [0, 0.05) is 48.7 Å². The van der Waals surface area contributed by atoms with Gasteiger partial charge in [-0.25, -0.2) is 0 Å². The van der Waals surface area contributed by atoms with Gasteiger partial charge in [0.15, 0.2) is 0 Å². The predicted molar refractivity (Wildman–Crippen MR) is 206 cm³/mol. The number of hydrogen-bond donors (Lipinski definition) is 7. The Labute approximate surface area is 302 Å². The van der Waals surface area contributed by atoms with E-state index in [2.05, 4.69) is 91.5 Å². The molecule has 0 aliphatic carbocycles. The van der Waals surface area contributed by atoms with Gasteiger partial charge in [0.1, 0.15) is 12.1 Å². The summed E-state index contributed by atoms with van der Waals surface area (Å²) in [4.78, 5) is 37.5. The van der Waals surface area contributed by atoms with E-state index < -0.39 is 12.0 Å². The van der Waals surface area contributed by atoms with Crippen LogP contribution in [-0.2, 0) is 20.8 Å². The van der Waals surface area contributed by atoms with Crippen LogP contribution in [0.3, 0.4) is 0 Å². The van der Waals surface area contributed by atoms with Gasteiger partial charge >= 0.3 is 5.97 Å². The number of allylic oxidation sites excluding steroid dienone is 1. The molecule has 0 saturated carbocycles. The van der Waals surface area contributed by atoms with E-state index in [0.717, 1.165) is 24.2 Å². The van der Waals surface area contributed by atoms with Gasteiger partial charge in [0.25, 0.3) is 0 Å². The first-order valence-corrected chi connectivity index (χ1v) is 18.5. The SMILES string of the molecule is C=C(CCCC(=O)O)N[C@@H](CC(C)C)C(=O)N[C@@H](CCc1ccccc1)C(=C)NC(CN[C@@H](C)C(=C)N[C@H](C(=O)NCC)C(C)C)CC(C)C. The number of hydrogen-bond acceptors (Lipinski definition) is 7. The number of carboxylic acids is 1. The van der Waals surface area contributed by atoms with Gasteiger partial charge in [0.2, 0.25) is 11.8 Å². The highest BCUT2D eigenvalue weighted by atomic mass is 16.4. The second-order valence-electron chi connectivity index (χ2n) is 14.7. The number of rotatable bonds is 27. The molecule has 0 radical (unpaired) electrons. The zero-order valence-electron chi connectivity index (χ0n) is 32.2. The van der Waals surface area contributed by atoms with Crippen LogP contribution >= 0.6 is 0 Å². The minimum absolute atomic E-state index is 0.0248. The summed E-state index contributed by atoms with van der Waals surface area (Å²) in [5.41, 5.74) is 3.32. The van der Waals surface area contributed by atoms with Crippen molar-refractivity contribution in [1.29, 1.82) is 0 Å². The van der Waals surface area contributed by atoms with Crippen molar-refractivity contribution in [3.05, 3.63) is 72.7 Å². The van der Waals surface area contributed by atoms with Crippen molar-refractivity contribution in [1.82, 2.24) is 31.9 Å². The molecule has 0 aliphatic rings. The third-order valence-electron chi connectivity index (χ3n) is 8.55. The van der Waals surface area contributed by atoms with Crippen molar-refractivity contribution in [2.45, 2.75) is 131 Å². The topological polar surface area (TPSA) is 144 Å². The van der Waals surface area contributed by atoms with Crippen molar-refractivity contribution in [2.24, 2.45) is 17.8 Å². The molecular formula is C40H68N6O4. The standard InChI is InChI=1S/C40H68N6O4/c1-12-41-40(50)38(28(6)7)45-31(10)30(9)42-25-34(23-26(2)3)44-32(11)35(22-21-33-18-14-13-15-19-33)46-39(49)36(24-27(4)5)43-29(8)17-16-20-37(47)48/h13-15,18-19,26-28,30,34-36,38,42-45H,8,10-12,16-17,20-25H2,1-7,9H3,(H,41,50)(H,46,49)(H,47,48)/t30-,34?,35-,36-,38-/m0/s1. The summed E-state index contributed by atoms with van der Waals surface area (Å²) in [5, 5.41) is 29.1. The minimum Gasteiger partial charge on any atom is -0.481 e. The van der Waals surface area contributed by atoms with E-state index in [1.54, 1.807) is 0 Å². The summed E-state index contributed by atoms with van der Waals surface area (Å²) in [6, 6.07) is 8.89. The quantitative estimate of drug-likeness (QED) is 0.0627. The average molecular weight is 697 g/mol. The molecule has 0 spiro atoms. The van der Waals surface area contributed by atoms with Crippen LogP contribution in [0.1, 0.15) is 99.5 Å². The minimum atomic E-state index is -0.847. The Morgan fingerprint density at radius 2 is 1.40 bits per heavy atom. The van der Waals surface area contributed by atoms with E-state index in [4.69, 9.17) is 5.11 Å². The molecule has 5 atom stereocenters. The van der Waals surface area contributed by atoms with Crippen LogP contribution in [0.15, 0.2) is 67.2 Å². The van der Waals surface area contributed by atoms with E-state index in [1.165, 1.54) is 5.56 Å². The lowest BCUT2D eigenvalue weighted by Gasteiger charge is -2.31. The number of benzene rings is 1. The van der Waals surface area contributed by atoms with Crippen LogP contribution < -0.4 is 31.9 Å². The molecule has 0 aromatic heterocycles. The summed E-state index contributed by atoms with van der Waals surface area (Å²) in [7, 11) is 0. The Hall–Kier alpha value is -3.79. The highest BCUT2D eigenvalue weighted by molar-refractivity contribution is 5.83. The number of amides is 2. The van der Waals surface area contributed by atoms with Crippen molar-refractivity contribution < 1.29 is 19.5 Å². The van der Waals surface area contributed by atoms with Gasteiger partial charge in [-0.05, 0) is 75.7 Å². The lowest BCUT2D eigenvalue weighted by atomic mass is 9.98. The van der Waals surface area contributed by atoms with Crippen LogP contribution in [0, 0.1) is 17.8 Å². The molecule has 2 amide bonds. The molecule has 7 N–H and O–H groups in total. The molecule has 1 unspecified atom stereocenters. The number of carboxylic acid groups (broad SMARTS) is 1. The third-order valence-corrected chi connectivity index (χ3v) is 8.55. The second-order valence-corrected chi connectivity index (χ2v) is 14.7. The number of carbonyl (C=O) groups excluding carboxylic acids is 2. The van der Waals surface area contributed by atoms with Crippen LogP contribution in [0.4, 0.5) is 0 Å². The molecule has 10 nitrogen and oxygen atoms in total. The van der Waals surface area contributed by atoms with E-state index in [1.807, 2.05) is 45.9 Å². The Balaban J connectivity index is 3.11. The average Bonchev–Trinajstić information content (AvgIpc) is 3.03. The maximum absolute atomic E-state index is 13.9. The van der Waals surface area contributed by atoms with Gasteiger partial charge in [-0.3, -0.25) is 14.4 Å². The van der Waals surface area contributed by atoms with Crippen molar-refractivity contribution in [3.63, 3.8) is 0 Å². The van der Waals surface area contributed by atoms with Crippen LogP contribution in [0.5, 0.6) is 0 Å². The largest absolute Gasteiger partial charge is 0.481 e. The predicted octanol–water partition coefficient (Wildman–Crippen LogP) is 5.64. The Morgan fingerprint density at radius 3 is 1.96 bits per heavy atom. The lowest BCUT2D eigenvalue weighted by molar-refractivity contribution is -0.137. The molecule has 1 aromatic carbocycles. The summed E-state index contributed by atoms with van der Waals surface area (Å²) in [5.74, 6) is -0.272. The zero-order chi connectivity index (χ0) is 37.8. The molecule has 282 valence electrons. The first kappa shape index (κ1) is 44.2. The first-order valence-electron chi connectivity index (χ1n) is 18.5. The fourth-order valence-corrected chi connectivity index (χ4v) is 5.75. The normalized spacial score (nSPS) is 14.3. The highest BCUT2D eigenvalue weighted by Crippen LogP contribution is 2.15. The highest BCUT2D eigenvalue weighted by Gasteiger charge is 2.27. The van der Waals surface area contributed by atoms with Crippen LogP contribution in [0.25, 0.3) is 0 Å². The zero-order valence-corrected chi connectivity index (χ0v) is 32.2. The van der Waals surface area contributed by atoms with Crippen LogP contribution in [0.2, 0.25) is 0 Å². The number of nitrogens with one attached hydrogen (secondary N) is 6.